The van der Waals surface area contributed by atoms with Crippen molar-refractivity contribution in [2.24, 2.45) is 0 Å². The van der Waals surface area contributed by atoms with Crippen molar-refractivity contribution in [1.29, 1.82) is 0 Å². The zero-order valence-electron chi connectivity index (χ0n) is 22.9. The average Bonchev–Trinajstić information content (AvgIpc) is 2.96. The van der Waals surface area contributed by atoms with Crippen LogP contribution in [-0.4, -0.2) is 36.3 Å². The summed E-state index contributed by atoms with van der Waals surface area (Å²) in [7, 11) is 4.89. The molecule has 0 bridgehead atoms. The van der Waals surface area contributed by atoms with Crippen molar-refractivity contribution in [1.82, 2.24) is 15.0 Å². The summed E-state index contributed by atoms with van der Waals surface area (Å²) in [5, 5.41) is 7.30. The highest BCUT2D eigenvalue weighted by molar-refractivity contribution is 6.31. The van der Waals surface area contributed by atoms with Crippen molar-refractivity contribution >= 4 is 23.4 Å². The Morgan fingerprint density at radius 2 is 1.36 bits per heavy atom. The predicted octanol–water partition coefficient (Wildman–Crippen LogP) is 6.49. The molecule has 0 aliphatic heterocycles. The second-order valence-corrected chi connectivity index (χ2v) is 9.73. The van der Waals surface area contributed by atoms with E-state index >= 15 is 0 Å². The van der Waals surface area contributed by atoms with Crippen molar-refractivity contribution < 1.29 is 14.2 Å². The van der Waals surface area contributed by atoms with Gasteiger partial charge in [0.1, 0.15) is 22.3 Å². The highest BCUT2D eigenvalue weighted by Crippen LogP contribution is 2.31. The average molecular weight is 548 g/mol. The lowest BCUT2D eigenvalue weighted by Crippen LogP contribution is -2.11. The van der Waals surface area contributed by atoms with Crippen LogP contribution < -0.4 is 24.8 Å². The number of ether oxygens (including phenoxy) is 3. The number of anilines is 2. The summed E-state index contributed by atoms with van der Waals surface area (Å²) in [6.07, 6.45) is 2.41. The molecule has 0 radical (unpaired) electrons. The first kappa shape index (κ1) is 28.0. The van der Waals surface area contributed by atoms with Gasteiger partial charge in [0.2, 0.25) is 11.8 Å². The Bertz CT molecular complexity index is 1380. The first-order valence-corrected chi connectivity index (χ1v) is 13.1. The third kappa shape index (κ3) is 7.29. The van der Waals surface area contributed by atoms with Crippen LogP contribution in [0.5, 0.6) is 17.4 Å². The smallest absolute Gasteiger partial charge is 0.232 e. The molecular weight excluding hydrogens is 514 g/mol. The fourth-order valence-electron chi connectivity index (χ4n) is 4.14. The van der Waals surface area contributed by atoms with Crippen molar-refractivity contribution in [3.63, 3.8) is 0 Å². The third-order valence-electron chi connectivity index (χ3n) is 6.27. The molecule has 4 rings (SSSR count). The Balaban J connectivity index is 1.60. The van der Waals surface area contributed by atoms with Gasteiger partial charge < -0.3 is 24.8 Å². The van der Waals surface area contributed by atoms with Gasteiger partial charge in [-0.1, -0.05) is 49.7 Å². The van der Waals surface area contributed by atoms with E-state index in [-0.39, 0.29) is 5.92 Å². The van der Waals surface area contributed by atoms with Gasteiger partial charge in [0.05, 0.1) is 27.0 Å². The molecule has 204 valence electrons. The molecule has 2 heterocycles. The third-order valence-corrected chi connectivity index (χ3v) is 6.54. The number of hydrogen-bond donors (Lipinski definition) is 2. The van der Waals surface area contributed by atoms with Crippen LogP contribution in [0.3, 0.4) is 0 Å². The largest absolute Gasteiger partial charge is 0.497 e. The molecule has 0 unspecified atom stereocenters. The monoisotopic (exact) mass is 547 g/mol. The number of rotatable bonds is 12. The molecule has 0 amide bonds. The van der Waals surface area contributed by atoms with Gasteiger partial charge in [-0.05, 0) is 52.9 Å². The maximum absolute atomic E-state index is 6.46. The summed E-state index contributed by atoms with van der Waals surface area (Å²) >= 11 is 6.46. The molecular formula is C30H34ClN5O3. The van der Waals surface area contributed by atoms with E-state index in [1.807, 2.05) is 60.8 Å². The van der Waals surface area contributed by atoms with Gasteiger partial charge in [-0.2, -0.15) is 4.98 Å². The molecule has 0 spiro atoms. The molecule has 0 saturated heterocycles. The van der Waals surface area contributed by atoms with Crippen LogP contribution >= 0.6 is 11.6 Å². The molecule has 0 fully saturated rings. The Labute approximate surface area is 234 Å². The summed E-state index contributed by atoms with van der Waals surface area (Å²) in [6, 6.07) is 17.8. The fraction of sp³-hybridized carbons (Fsp3) is 0.300. The van der Waals surface area contributed by atoms with E-state index in [2.05, 4.69) is 34.4 Å². The zero-order valence-corrected chi connectivity index (χ0v) is 23.7. The minimum absolute atomic E-state index is 0.188. The molecule has 2 N–H and O–H groups in total. The lowest BCUT2D eigenvalue weighted by atomic mass is 9.98. The maximum Gasteiger partial charge on any atom is 0.232 e. The minimum Gasteiger partial charge on any atom is -0.497 e. The summed E-state index contributed by atoms with van der Waals surface area (Å²) in [6.45, 7) is 5.37. The van der Waals surface area contributed by atoms with Gasteiger partial charge in [0, 0.05) is 31.3 Å². The Kier molecular flexibility index (Phi) is 9.44. The molecule has 39 heavy (non-hydrogen) atoms. The Morgan fingerprint density at radius 1 is 0.769 bits per heavy atom. The molecule has 0 atom stereocenters. The van der Waals surface area contributed by atoms with Crippen LogP contribution in [-0.2, 0) is 19.5 Å². The van der Waals surface area contributed by atoms with Gasteiger partial charge in [-0.3, -0.25) is 0 Å². The van der Waals surface area contributed by atoms with E-state index < -0.39 is 0 Å². The lowest BCUT2D eigenvalue weighted by Gasteiger charge is -2.17. The van der Waals surface area contributed by atoms with Crippen LogP contribution in [0, 0.1) is 0 Å². The topological polar surface area (TPSA) is 90.4 Å². The highest BCUT2D eigenvalue weighted by atomic mass is 35.5. The Hall–Kier alpha value is -4.04. The van der Waals surface area contributed by atoms with Gasteiger partial charge in [0.25, 0.3) is 0 Å². The SMILES string of the molecule is COc1ccc(CNc2ncc(Cc3cc(Cl)c(OC)nc3C(C)C)c(NCc3ccc(OC)cc3)n2)cc1. The zero-order chi connectivity index (χ0) is 27.8. The molecule has 4 aromatic rings. The highest BCUT2D eigenvalue weighted by Gasteiger charge is 2.17. The first-order chi connectivity index (χ1) is 18.9. The fourth-order valence-corrected chi connectivity index (χ4v) is 4.39. The van der Waals surface area contributed by atoms with E-state index in [4.69, 9.17) is 30.8 Å². The molecule has 8 nitrogen and oxygen atoms in total. The number of halogens is 1. The molecule has 0 aliphatic rings. The van der Waals surface area contributed by atoms with E-state index in [1.54, 1.807) is 21.3 Å². The molecule has 2 aromatic carbocycles. The van der Waals surface area contributed by atoms with Crippen LogP contribution in [0.2, 0.25) is 5.02 Å². The number of hydrogen-bond acceptors (Lipinski definition) is 8. The lowest BCUT2D eigenvalue weighted by molar-refractivity contribution is 0.395. The molecule has 2 aromatic heterocycles. The van der Waals surface area contributed by atoms with E-state index in [9.17, 15) is 0 Å². The second-order valence-electron chi connectivity index (χ2n) is 9.33. The van der Waals surface area contributed by atoms with Gasteiger partial charge in [-0.25, -0.2) is 9.97 Å². The predicted molar refractivity (Wildman–Crippen MR) is 155 cm³/mol. The summed E-state index contributed by atoms with van der Waals surface area (Å²) in [5.41, 5.74) is 5.07. The minimum atomic E-state index is 0.188. The summed E-state index contributed by atoms with van der Waals surface area (Å²) in [4.78, 5) is 14.1. The normalized spacial score (nSPS) is 10.8. The number of methoxy groups -OCH3 is 3. The van der Waals surface area contributed by atoms with Crippen LogP contribution in [0.25, 0.3) is 0 Å². The maximum atomic E-state index is 6.46. The van der Waals surface area contributed by atoms with Crippen molar-refractivity contribution in [3.8, 4) is 17.4 Å². The Morgan fingerprint density at radius 3 is 1.90 bits per heavy atom. The quantitative estimate of drug-likeness (QED) is 0.208. The second kappa shape index (κ2) is 13.2. The molecule has 0 aliphatic carbocycles. The van der Waals surface area contributed by atoms with Gasteiger partial charge in [-0.15, -0.1) is 0 Å². The summed E-state index contributed by atoms with van der Waals surface area (Å²) in [5.74, 6) is 3.51. The van der Waals surface area contributed by atoms with E-state index in [0.29, 0.717) is 36.4 Å². The van der Waals surface area contributed by atoms with Crippen molar-refractivity contribution in [3.05, 3.63) is 93.8 Å². The van der Waals surface area contributed by atoms with E-state index in [1.165, 1.54) is 0 Å². The van der Waals surface area contributed by atoms with Gasteiger partial charge >= 0.3 is 0 Å². The molecule has 0 saturated carbocycles. The van der Waals surface area contributed by atoms with Crippen LogP contribution in [0.4, 0.5) is 11.8 Å². The number of pyridine rings is 1. The first-order valence-electron chi connectivity index (χ1n) is 12.7. The standard InChI is InChI=1S/C30H34ClN5O3/c1-19(2)27-22(15-26(31)29(35-27)39-5)14-23-18-34-30(33-17-21-8-12-25(38-4)13-9-21)36-28(23)32-16-20-6-10-24(37-3)11-7-20/h6-13,15,18-19H,14,16-17H2,1-5H3,(H2,32,33,34,36). The van der Waals surface area contributed by atoms with Crippen LogP contribution in [0.15, 0.2) is 60.8 Å². The van der Waals surface area contributed by atoms with Gasteiger partial charge in [0.15, 0.2) is 0 Å². The number of aromatic nitrogens is 3. The summed E-state index contributed by atoms with van der Waals surface area (Å²) < 4.78 is 15.9. The molecule has 9 heteroatoms. The number of nitrogens with one attached hydrogen (secondary N) is 2. The van der Waals surface area contributed by atoms with E-state index in [0.717, 1.165) is 45.3 Å². The number of nitrogens with zero attached hydrogens (tertiary/aromatic N) is 3. The number of benzene rings is 2. The van der Waals surface area contributed by atoms with Crippen LogP contribution in [0.1, 0.15) is 47.7 Å². The van der Waals surface area contributed by atoms with Crippen molar-refractivity contribution in [2.75, 3.05) is 32.0 Å². The van der Waals surface area contributed by atoms with Crippen molar-refractivity contribution in [2.45, 2.75) is 39.3 Å².